The van der Waals surface area contributed by atoms with Crippen LogP contribution in [0, 0.1) is 0 Å². The number of nitrogens with zero attached hydrogens (tertiary/aromatic N) is 1. The highest BCUT2D eigenvalue weighted by Gasteiger charge is 2.25. The van der Waals surface area contributed by atoms with Gasteiger partial charge >= 0.3 is 0 Å². The van der Waals surface area contributed by atoms with Gasteiger partial charge in [-0.15, -0.1) is 0 Å². The van der Waals surface area contributed by atoms with E-state index in [2.05, 4.69) is 35.3 Å². The molecule has 1 atom stereocenters. The molecule has 1 amide bonds. The molecule has 0 spiro atoms. The molecule has 0 aliphatic carbocycles. The second-order valence-corrected chi connectivity index (χ2v) is 6.61. The number of carbonyl (C=O) groups is 1. The van der Waals surface area contributed by atoms with Crippen molar-refractivity contribution >= 4 is 28.9 Å². The summed E-state index contributed by atoms with van der Waals surface area (Å²) in [5.41, 5.74) is 9.13. The Hall–Kier alpha value is -2.40. The smallest absolute Gasteiger partial charge is 0.255 e. The third-order valence-electron chi connectivity index (χ3n) is 4.55. The van der Waals surface area contributed by atoms with Gasteiger partial charge in [-0.2, -0.15) is 0 Å². The van der Waals surface area contributed by atoms with Crippen LogP contribution >= 0.6 is 11.6 Å². The zero-order chi connectivity index (χ0) is 18.0. The van der Waals surface area contributed by atoms with E-state index >= 15 is 0 Å². The number of hydrogen-bond acceptors (Lipinski definition) is 4. The van der Waals surface area contributed by atoms with Crippen LogP contribution in [-0.2, 0) is 6.42 Å². The summed E-state index contributed by atoms with van der Waals surface area (Å²) >= 11 is 6.03. The molecule has 132 valence electrons. The molecular formula is C19H22ClN3O2. The number of amides is 1. The lowest BCUT2D eigenvalue weighted by molar-refractivity contribution is 0.0951. The minimum absolute atomic E-state index is 0.223. The lowest BCUT2D eigenvalue weighted by Gasteiger charge is -2.25. The van der Waals surface area contributed by atoms with Crippen LogP contribution in [0.25, 0.3) is 0 Å². The first-order chi connectivity index (χ1) is 12.0. The topological polar surface area (TPSA) is 67.6 Å². The maximum atomic E-state index is 12.5. The van der Waals surface area contributed by atoms with E-state index in [1.165, 1.54) is 18.4 Å². The molecule has 6 heteroatoms. The normalized spacial score (nSPS) is 15.8. The van der Waals surface area contributed by atoms with E-state index in [9.17, 15) is 4.79 Å². The fourth-order valence-electron chi connectivity index (χ4n) is 3.27. The molecule has 0 saturated carbocycles. The third-order valence-corrected chi connectivity index (χ3v) is 4.88. The van der Waals surface area contributed by atoms with Gasteiger partial charge in [0.15, 0.2) is 0 Å². The molecular weight excluding hydrogens is 338 g/mol. The van der Waals surface area contributed by atoms with E-state index in [0.29, 0.717) is 34.6 Å². The lowest BCUT2D eigenvalue weighted by atomic mass is 10.1. The Kier molecular flexibility index (Phi) is 5.04. The van der Waals surface area contributed by atoms with E-state index in [4.69, 9.17) is 22.1 Å². The second-order valence-electron chi connectivity index (χ2n) is 6.21. The van der Waals surface area contributed by atoms with Crippen molar-refractivity contribution in [1.82, 2.24) is 5.32 Å². The molecule has 2 aromatic carbocycles. The first-order valence-corrected chi connectivity index (χ1v) is 8.64. The molecule has 5 nitrogen and oxygen atoms in total. The van der Waals surface area contributed by atoms with Gasteiger partial charge in [-0.1, -0.05) is 29.8 Å². The zero-order valence-electron chi connectivity index (χ0n) is 14.4. The first-order valence-electron chi connectivity index (χ1n) is 8.27. The maximum Gasteiger partial charge on any atom is 0.255 e. The first kappa shape index (κ1) is 17.4. The highest BCUT2D eigenvalue weighted by Crippen LogP contribution is 2.31. The SMILES string of the molecule is COc1cc(N)c(Cl)cc1C(=O)NCCN1c2ccccc2CC1C. The molecule has 25 heavy (non-hydrogen) atoms. The number of methoxy groups -OCH3 is 1. The van der Waals surface area contributed by atoms with Crippen molar-refractivity contribution in [3.8, 4) is 5.75 Å². The molecule has 1 aliphatic rings. The van der Waals surface area contributed by atoms with E-state index in [1.807, 2.05) is 6.07 Å². The number of rotatable bonds is 5. The van der Waals surface area contributed by atoms with Gasteiger partial charge in [0.25, 0.3) is 5.91 Å². The van der Waals surface area contributed by atoms with Gasteiger partial charge in [0.1, 0.15) is 5.75 Å². The maximum absolute atomic E-state index is 12.5. The number of nitrogens with two attached hydrogens (primary N) is 1. The van der Waals surface area contributed by atoms with Gasteiger partial charge in [0.05, 0.1) is 23.4 Å². The van der Waals surface area contributed by atoms with Crippen LogP contribution in [0.2, 0.25) is 5.02 Å². The standard InChI is InChI=1S/C19H22ClN3O2/c1-12-9-13-5-3-4-6-17(13)23(12)8-7-22-19(24)14-10-15(20)16(21)11-18(14)25-2/h3-6,10-12H,7-9,21H2,1-2H3,(H,22,24). The van der Waals surface area contributed by atoms with Crippen molar-refractivity contribution in [2.24, 2.45) is 0 Å². The molecule has 0 fully saturated rings. The summed E-state index contributed by atoms with van der Waals surface area (Å²) in [6.45, 7) is 3.47. The number of fused-ring (bicyclic) bond motifs is 1. The Morgan fingerprint density at radius 2 is 2.16 bits per heavy atom. The Morgan fingerprint density at radius 3 is 2.92 bits per heavy atom. The van der Waals surface area contributed by atoms with Crippen LogP contribution in [0.4, 0.5) is 11.4 Å². The minimum atomic E-state index is -0.223. The average molecular weight is 360 g/mol. The Labute approximate surface area is 152 Å². The van der Waals surface area contributed by atoms with Crippen LogP contribution < -0.4 is 20.7 Å². The van der Waals surface area contributed by atoms with E-state index in [0.717, 1.165) is 13.0 Å². The summed E-state index contributed by atoms with van der Waals surface area (Å²) in [5.74, 6) is 0.193. The number of ether oxygens (including phenoxy) is 1. The number of nitrogens with one attached hydrogen (secondary N) is 1. The van der Waals surface area contributed by atoms with Crippen LogP contribution in [-0.4, -0.2) is 32.1 Å². The quantitative estimate of drug-likeness (QED) is 0.805. The summed E-state index contributed by atoms with van der Waals surface area (Å²) in [5, 5.41) is 3.28. The van der Waals surface area contributed by atoms with Crippen molar-refractivity contribution in [2.45, 2.75) is 19.4 Å². The van der Waals surface area contributed by atoms with Crippen molar-refractivity contribution in [3.05, 3.63) is 52.5 Å². The van der Waals surface area contributed by atoms with E-state index < -0.39 is 0 Å². The number of benzene rings is 2. The van der Waals surface area contributed by atoms with Crippen molar-refractivity contribution in [3.63, 3.8) is 0 Å². The fraction of sp³-hybridized carbons (Fsp3) is 0.316. The summed E-state index contributed by atoms with van der Waals surface area (Å²) < 4.78 is 5.24. The second kappa shape index (κ2) is 7.23. The molecule has 0 aromatic heterocycles. The predicted octanol–water partition coefficient (Wildman–Crippen LogP) is 3.11. The minimum Gasteiger partial charge on any atom is -0.496 e. The van der Waals surface area contributed by atoms with Crippen molar-refractivity contribution < 1.29 is 9.53 Å². The van der Waals surface area contributed by atoms with Gasteiger partial charge in [-0.25, -0.2) is 0 Å². The molecule has 0 bridgehead atoms. The van der Waals surface area contributed by atoms with E-state index in [1.54, 1.807) is 12.1 Å². The highest BCUT2D eigenvalue weighted by molar-refractivity contribution is 6.33. The number of hydrogen-bond donors (Lipinski definition) is 2. The highest BCUT2D eigenvalue weighted by atomic mass is 35.5. The van der Waals surface area contributed by atoms with Crippen molar-refractivity contribution in [1.29, 1.82) is 0 Å². The van der Waals surface area contributed by atoms with Gasteiger partial charge in [-0.05, 0) is 31.0 Å². The summed E-state index contributed by atoms with van der Waals surface area (Å²) in [7, 11) is 1.50. The fourth-order valence-corrected chi connectivity index (χ4v) is 3.43. The summed E-state index contributed by atoms with van der Waals surface area (Å²) in [4.78, 5) is 14.8. The summed E-state index contributed by atoms with van der Waals surface area (Å²) in [6, 6.07) is 11.9. The Morgan fingerprint density at radius 1 is 1.40 bits per heavy atom. The number of anilines is 2. The van der Waals surface area contributed by atoms with Crippen LogP contribution in [0.3, 0.4) is 0 Å². The third kappa shape index (κ3) is 3.51. The number of para-hydroxylation sites is 1. The van der Waals surface area contributed by atoms with Crippen LogP contribution in [0.1, 0.15) is 22.8 Å². The Bertz CT molecular complexity index is 794. The van der Waals surface area contributed by atoms with E-state index in [-0.39, 0.29) is 5.91 Å². The molecule has 1 heterocycles. The number of halogens is 1. The van der Waals surface area contributed by atoms with Gasteiger partial charge in [0.2, 0.25) is 0 Å². The molecule has 3 N–H and O–H groups in total. The van der Waals surface area contributed by atoms with Crippen LogP contribution in [0.15, 0.2) is 36.4 Å². The van der Waals surface area contributed by atoms with Gasteiger partial charge in [0, 0.05) is 30.9 Å². The van der Waals surface area contributed by atoms with Gasteiger partial charge in [-0.3, -0.25) is 4.79 Å². The van der Waals surface area contributed by atoms with Crippen molar-refractivity contribution in [2.75, 3.05) is 30.8 Å². The molecule has 2 aromatic rings. The predicted molar refractivity (Wildman–Crippen MR) is 102 cm³/mol. The van der Waals surface area contributed by atoms with Gasteiger partial charge < -0.3 is 20.7 Å². The average Bonchev–Trinajstić information content (AvgIpc) is 2.92. The molecule has 3 rings (SSSR count). The monoisotopic (exact) mass is 359 g/mol. The van der Waals surface area contributed by atoms with Crippen LogP contribution in [0.5, 0.6) is 5.75 Å². The Balaban J connectivity index is 1.65. The number of nitrogen functional groups attached to an aromatic ring is 1. The largest absolute Gasteiger partial charge is 0.496 e. The molecule has 1 aliphatic heterocycles. The number of carbonyl (C=O) groups excluding carboxylic acids is 1. The molecule has 0 radical (unpaired) electrons. The molecule has 0 saturated heterocycles. The summed E-state index contributed by atoms with van der Waals surface area (Å²) in [6.07, 6.45) is 1.03. The lowest BCUT2D eigenvalue weighted by Crippen LogP contribution is -2.38. The zero-order valence-corrected chi connectivity index (χ0v) is 15.1. The molecule has 1 unspecified atom stereocenters.